The van der Waals surface area contributed by atoms with Crippen LogP contribution in [0.5, 0.6) is 0 Å². The van der Waals surface area contributed by atoms with Crippen LogP contribution in [0.3, 0.4) is 0 Å². The molecule has 114 valence electrons. The monoisotopic (exact) mass is 288 g/mol. The lowest BCUT2D eigenvalue weighted by atomic mass is 10.2. The number of nitrogens with one attached hydrogen (secondary N) is 2. The Morgan fingerprint density at radius 1 is 1.38 bits per heavy atom. The maximum absolute atomic E-state index is 4.67. The largest absolute Gasteiger partial charge is 0.369 e. The second kappa shape index (κ2) is 6.30. The predicted octanol–water partition coefficient (Wildman–Crippen LogP) is 2.06. The van der Waals surface area contributed by atoms with Gasteiger partial charge in [-0.15, -0.1) is 0 Å². The molecule has 1 unspecified atom stereocenters. The number of rotatable bonds is 6. The van der Waals surface area contributed by atoms with Crippen molar-refractivity contribution in [2.24, 2.45) is 0 Å². The topological polar surface area (TPSA) is 57.5 Å². The number of anilines is 2. The molecule has 1 atom stereocenters. The Hall–Kier alpha value is -1.82. The molecule has 1 aliphatic heterocycles. The van der Waals surface area contributed by atoms with Gasteiger partial charge in [0.05, 0.1) is 6.20 Å². The van der Waals surface area contributed by atoms with E-state index < -0.39 is 0 Å². The number of imidazole rings is 1. The number of hydrogen-bond acceptors (Lipinski definition) is 5. The van der Waals surface area contributed by atoms with Crippen LogP contribution in [0.25, 0.3) is 5.65 Å². The van der Waals surface area contributed by atoms with Crippen molar-refractivity contribution in [1.82, 2.24) is 19.3 Å². The lowest BCUT2D eigenvalue weighted by Gasteiger charge is -2.20. The van der Waals surface area contributed by atoms with Gasteiger partial charge in [0, 0.05) is 31.5 Å². The molecular formula is C15H24N6. The molecular weight excluding hydrogens is 264 g/mol. The van der Waals surface area contributed by atoms with Crippen LogP contribution >= 0.6 is 0 Å². The van der Waals surface area contributed by atoms with Gasteiger partial charge in [-0.1, -0.05) is 6.92 Å². The molecule has 6 heteroatoms. The smallest absolute Gasteiger partial charge is 0.180 e. The molecule has 0 amide bonds. The van der Waals surface area contributed by atoms with Gasteiger partial charge < -0.3 is 19.9 Å². The summed E-state index contributed by atoms with van der Waals surface area (Å²) in [6.45, 7) is 5.19. The van der Waals surface area contributed by atoms with Crippen LogP contribution in [-0.2, 0) is 0 Å². The zero-order valence-electron chi connectivity index (χ0n) is 12.8. The fraction of sp³-hybridized carbons (Fsp3) is 0.600. The normalized spacial score (nSPS) is 19.2. The number of fused-ring (bicyclic) bond motifs is 1. The van der Waals surface area contributed by atoms with Crippen molar-refractivity contribution in [3.8, 4) is 0 Å². The average molecular weight is 288 g/mol. The molecule has 1 saturated heterocycles. The number of nitrogens with zero attached hydrogens (tertiary/aromatic N) is 4. The zero-order chi connectivity index (χ0) is 14.7. The first-order chi connectivity index (χ1) is 10.3. The summed E-state index contributed by atoms with van der Waals surface area (Å²) in [5.41, 5.74) is 0.887. The third kappa shape index (κ3) is 3.10. The van der Waals surface area contributed by atoms with Gasteiger partial charge >= 0.3 is 0 Å². The lowest BCUT2D eigenvalue weighted by molar-refractivity contribution is 0.322. The van der Waals surface area contributed by atoms with Gasteiger partial charge in [0.15, 0.2) is 11.5 Å². The summed E-state index contributed by atoms with van der Waals surface area (Å²) in [6, 6.07) is 0.592. The zero-order valence-corrected chi connectivity index (χ0v) is 12.8. The molecule has 0 saturated carbocycles. The van der Waals surface area contributed by atoms with Crippen molar-refractivity contribution >= 4 is 17.3 Å². The maximum Gasteiger partial charge on any atom is 0.180 e. The number of hydrogen-bond donors (Lipinski definition) is 2. The van der Waals surface area contributed by atoms with Crippen LogP contribution in [0.15, 0.2) is 18.6 Å². The summed E-state index contributed by atoms with van der Waals surface area (Å²) in [4.78, 5) is 11.5. The average Bonchev–Trinajstić information content (AvgIpc) is 3.11. The summed E-state index contributed by atoms with van der Waals surface area (Å²) in [5.74, 6) is 1.76. The quantitative estimate of drug-likeness (QED) is 0.852. The number of likely N-dealkylation sites (N-methyl/N-ethyl adjacent to an activating group) is 1. The first-order valence-corrected chi connectivity index (χ1v) is 7.79. The lowest BCUT2D eigenvalue weighted by Crippen LogP contribution is -2.31. The van der Waals surface area contributed by atoms with Gasteiger partial charge in [-0.05, 0) is 32.9 Å². The Morgan fingerprint density at radius 2 is 2.29 bits per heavy atom. The Kier molecular flexibility index (Phi) is 4.24. The van der Waals surface area contributed by atoms with Crippen LogP contribution in [0.1, 0.15) is 26.2 Å². The molecule has 1 aliphatic rings. The minimum atomic E-state index is 0.592. The van der Waals surface area contributed by atoms with Gasteiger partial charge in [-0.3, -0.25) is 0 Å². The molecule has 0 radical (unpaired) electrons. The van der Waals surface area contributed by atoms with E-state index in [9.17, 15) is 0 Å². The van der Waals surface area contributed by atoms with Gasteiger partial charge in [0.2, 0.25) is 0 Å². The van der Waals surface area contributed by atoms with E-state index in [0.29, 0.717) is 6.04 Å². The SMILES string of the molecule is CCCNc1cn2ccnc2c(NCC2CCCN2C)n1. The third-order valence-electron chi connectivity index (χ3n) is 4.11. The summed E-state index contributed by atoms with van der Waals surface area (Å²) in [5, 5.41) is 6.83. The second-order valence-corrected chi connectivity index (χ2v) is 5.72. The Labute approximate surface area is 125 Å². The molecule has 0 spiro atoms. The molecule has 6 nitrogen and oxygen atoms in total. The minimum Gasteiger partial charge on any atom is -0.369 e. The molecule has 0 aromatic carbocycles. The summed E-state index contributed by atoms with van der Waals surface area (Å²) >= 11 is 0. The minimum absolute atomic E-state index is 0.592. The van der Waals surface area contributed by atoms with Crippen LogP contribution in [0.2, 0.25) is 0 Å². The predicted molar refractivity (Wildman–Crippen MR) is 85.9 cm³/mol. The Balaban J connectivity index is 1.77. The molecule has 21 heavy (non-hydrogen) atoms. The van der Waals surface area contributed by atoms with Crippen LogP contribution < -0.4 is 10.6 Å². The van der Waals surface area contributed by atoms with Gasteiger partial charge in [-0.2, -0.15) is 0 Å². The van der Waals surface area contributed by atoms with Gasteiger partial charge in [0.1, 0.15) is 5.82 Å². The van der Waals surface area contributed by atoms with Crippen molar-refractivity contribution in [2.45, 2.75) is 32.2 Å². The van der Waals surface area contributed by atoms with Crippen molar-refractivity contribution in [1.29, 1.82) is 0 Å². The molecule has 2 N–H and O–H groups in total. The summed E-state index contributed by atoms with van der Waals surface area (Å²) in [6.07, 6.45) is 9.38. The van der Waals surface area contributed by atoms with E-state index >= 15 is 0 Å². The molecule has 1 fully saturated rings. The van der Waals surface area contributed by atoms with E-state index in [0.717, 1.165) is 36.8 Å². The van der Waals surface area contributed by atoms with Crippen molar-refractivity contribution in [3.63, 3.8) is 0 Å². The highest BCUT2D eigenvalue weighted by Gasteiger charge is 2.21. The van der Waals surface area contributed by atoms with E-state index in [-0.39, 0.29) is 0 Å². The van der Waals surface area contributed by atoms with Crippen molar-refractivity contribution < 1.29 is 0 Å². The molecule has 2 aromatic heterocycles. The highest BCUT2D eigenvalue weighted by atomic mass is 15.2. The fourth-order valence-corrected chi connectivity index (χ4v) is 2.84. The third-order valence-corrected chi connectivity index (χ3v) is 4.11. The summed E-state index contributed by atoms with van der Waals surface area (Å²) in [7, 11) is 2.19. The standard InChI is InChI=1S/C15H24N6/c1-3-6-16-13-11-21-9-7-17-15(21)14(19-13)18-10-12-5-4-8-20(12)2/h7,9,11-12,16H,3-6,8,10H2,1-2H3,(H,18,19). The molecule has 0 bridgehead atoms. The highest BCUT2D eigenvalue weighted by Crippen LogP contribution is 2.19. The molecule has 3 heterocycles. The van der Waals surface area contributed by atoms with Gasteiger partial charge in [0.25, 0.3) is 0 Å². The molecule has 2 aromatic rings. The Bertz CT molecular complexity index is 593. The van der Waals surface area contributed by atoms with Crippen LogP contribution in [-0.4, -0.2) is 52.0 Å². The number of aromatic nitrogens is 3. The second-order valence-electron chi connectivity index (χ2n) is 5.72. The highest BCUT2D eigenvalue weighted by molar-refractivity contribution is 5.65. The Morgan fingerprint density at radius 3 is 3.05 bits per heavy atom. The van der Waals surface area contributed by atoms with Crippen LogP contribution in [0.4, 0.5) is 11.6 Å². The van der Waals surface area contributed by atoms with Crippen molar-refractivity contribution in [2.75, 3.05) is 37.3 Å². The molecule has 0 aliphatic carbocycles. The maximum atomic E-state index is 4.67. The summed E-state index contributed by atoms with van der Waals surface area (Å²) < 4.78 is 2.02. The van der Waals surface area contributed by atoms with E-state index in [1.165, 1.54) is 19.4 Å². The van der Waals surface area contributed by atoms with E-state index in [2.05, 4.69) is 39.5 Å². The van der Waals surface area contributed by atoms with E-state index in [1.807, 2.05) is 23.0 Å². The fourth-order valence-electron chi connectivity index (χ4n) is 2.84. The molecule has 3 rings (SSSR count). The first-order valence-electron chi connectivity index (χ1n) is 7.79. The first kappa shape index (κ1) is 14.1. The van der Waals surface area contributed by atoms with Crippen LogP contribution in [0, 0.1) is 0 Å². The number of likely N-dealkylation sites (tertiary alicyclic amines) is 1. The van der Waals surface area contributed by atoms with Crippen molar-refractivity contribution in [3.05, 3.63) is 18.6 Å². The van der Waals surface area contributed by atoms with Gasteiger partial charge in [-0.25, -0.2) is 9.97 Å². The van der Waals surface area contributed by atoms with E-state index in [1.54, 1.807) is 0 Å². The van der Waals surface area contributed by atoms with E-state index in [4.69, 9.17) is 0 Å².